The molecule has 4 heterocycles. The minimum atomic E-state index is -0.949. The number of ether oxygens (including phenoxy) is 2. The van der Waals surface area contributed by atoms with E-state index in [0.29, 0.717) is 74.2 Å². The van der Waals surface area contributed by atoms with Crippen LogP contribution >= 0.6 is 23.2 Å². The zero-order valence-electron chi connectivity index (χ0n) is 34.4. The first-order valence-corrected chi connectivity index (χ1v) is 20.0. The summed E-state index contributed by atoms with van der Waals surface area (Å²) in [6.45, 7) is 12.7. The Morgan fingerprint density at radius 2 is 1.18 bits per heavy atom. The molecule has 4 aromatic rings. The smallest absolute Gasteiger partial charge is 0.344 e. The summed E-state index contributed by atoms with van der Waals surface area (Å²) in [6.07, 6.45) is 3.55. The quantitative estimate of drug-likeness (QED) is 0.136. The summed E-state index contributed by atoms with van der Waals surface area (Å²) in [5, 5.41) is 31.0. The van der Waals surface area contributed by atoms with Crippen LogP contribution in [0, 0.1) is 0 Å². The van der Waals surface area contributed by atoms with Gasteiger partial charge in [0, 0.05) is 76.9 Å². The number of nitrogens with one attached hydrogen (secondary N) is 1. The first-order chi connectivity index (χ1) is 28.8. The molecule has 0 spiro atoms. The Labute approximate surface area is 363 Å². The van der Waals surface area contributed by atoms with Crippen LogP contribution in [-0.4, -0.2) is 151 Å². The Morgan fingerprint density at radius 1 is 0.721 bits per heavy atom. The standard InChI is InChI=1S/C20H26ClN5O4.C11H13ClO3.C9H13N5O2/c1-20(2,29)13-30-16-5-3-4-14(17(16)21)12-24-8-10-25(11-9-24)19(28)26-7-6-15(23-26)18(22)27;1-11(2,14)7-15-9-5-3-4-8(6-13)10(9)12;10-8(15)7-1-4-14(12-7)9(16)13-5-2-11-3-6-13/h3-7,29H,8-13H2,1-2H3,(H2,22,27);3-6,14H,7H2,1-2H3;1,4,11H,2-3,5-6H2,(H2,10,15). The lowest BCUT2D eigenvalue weighted by molar-refractivity contribution is 0.0282. The molecule has 0 unspecified atom stereocenters. The Bertz CT molecular complexity index is 2130. The average Bonchev–Trinajstić information content (AvgIpc) is 3.93. The van der Waals surface area contributed by atoms with Crippen LogP contribution < -0.4 is 26.3 Å². The fourth-order valence-corrected chi connectivity index (χ4v) is 6.10. The van der Waals surface area contributed by atoms with Crippen molar-refractivity contribution >= 4 is 53.4 Å². The molecule has 2 aliphatic rings. The second-order valence-electron chi connectivity index (χ2n) is 15.3. The molecule has 2 saturated heterocycles. The zero-order valence-corrected chi connectivity index (χ0v) is 35.9. The number of nitrogens with zero attached hydrogens (tertiary/aromatic N) is 7. The van der Waals surface area contributed by atoms with Gasteiger partial charge in [-0.2, -0.15) is 19.6 Å². The van der Waals surface area contributed by atoms with Gasteiger partial charge in [0.2, 0.25) is 0 Å². The van der Waals surface area contributed by atoms with Crippen molar-refractivity contribution in [3.63, 3.8) is 0 Å². The van der Waals surface area contributed by atoms with E-state index >= 15 is 0 Å². The fourth-order valence-electron chi connectivity index (χ4n) is 5.64. The Hall–Kier alpha value is -5.57. The van der Waals surface area contributed by atoms with Crippen molar-refractivity contribution in [1.29, 1.82) is 0 Å². The van der Waals surface area contributed by atoms with E-state index in [9.17, 15) is 34.2 Å². The topological polar surface area (TPSA) is 254 Å². The maximum atomic E-state index is 12.6. The van der Waals surface area contributed by atoms with Gasteiger partial charge in [-0.3, -0.25) is 19.3 Å². The highest BCUT2D eigenvalue weighted by Crippen LogP contribution is 2.30. The number of hydrogen-bond donors (Lipinski definition) is 5. The number of aldehydes is 1. The molecule has 0 saturated carbocycles. The monoisotopic (exact) mass is 886 g/mol. The molecule has 2 aromatic carbocycles. The van der Waals surface area contributed by atoms with E-state index in [4.69, 9.17) is 44.1 Å². The van der Waals surface area contributed by atoms with E-state index in [-0.39, 0.29) is 41.7 Å². The predicted octanol–water partition coefficient (Wildman–Crippen LogP) is 2.73. The van der Waals surface area contributed by atoms with Crippen molar-refractivity contribution in [3.05, 3.63) is 93.5 Å². The lowest BCUT2D eigenvalue weighted by atomic mass is 10.1. The van der Waals surface area contributed by atoms with Crippen LogP contribution in [0.4, 0.5) is 9.59 Å². The number of aliphatic hydroxyl groups is 2. The minimum Gasteiger partial charge on any atom is -0.489 e. The molecule has 2 aromatic heterocycles. The number of hydrogen-bond acceptors (Lipinski definition) is 13. The number of benzene rings is 2. The fraction of sp³-hybridized carbons (Fsp3) is 0.425. The average molecular weight is 888 g/mol. The summed E-state index contributed by atoms with van der Waals surface area (Å²) in [4.78, 5) is 62.6. The number of halogens is 2. The van der Waals surface area contributed by atoms with E-state index in [1.54, 1.807) is 61.8 Å². The van der Waals surface area contributed by atoms with Gasteiger partial charge < -0.3 is 46.3 Å². The Morgan fingerprint density at radius 3 is 1.62 bits per heavy atom. The Balaban J connectivity index is 0.000000222. The van der Waals surface area contributed by atoms with Gasteiger partial charge >= 0.3 is 12.1 Å². The molecule has 0 atom stereocenters. The third-order valence-electron chi connectivity index (χ3n) is 8.82. The largest absolute Gasteiger partial charge is 0.489 e. The number of rotatable bonds is 11. The summed E-state index contributed by atoms with van der Waals surface area (Å²) in [5.74, 6) is -0.360. The predicted molar refractivity (Wildman–Crippen MR) is 226 cm³/mol. The SMILES string of the molecule is CC(C)(O)COc1cccc(C=O)c1Cl.CC(C)(O)COc1cccc(CN2CCN(C(=O)n3ccc(C(N)=O)n3)CC2)c1Cl.NC(=O)c1ccn(C(=O)N2CCNCC2)n1. The molecule has 21 heteroatoms. The van der Waals surface area contributed by atoms with E-state index < -0.39 is 23.0 Å². The summed E-state index contributed by atoms with van der Waals surface area (Å²) < 4.78 is 13.2. The number of nitrogens with two attached hydrogens (primary N) is 2. The molecular weight excluding hydrogens is 835 g/mol. The van der Waals surface area contributed by atoms with Crippen molar-refractivity contribution in [2.24, 2.45) is 11.5 Å². The molecule has 4 amide bonds. The molecule has 7 N–H and O–H groups in total. The van der Waals surface area contributed by atoms with Crippen LogP contribution in [0.2, 0.25) is 10.0 Å². The number of primary amides is 2. The third kappa shape index (κ3) is 14.8. The van der Waals surface area contributed by atoms with Crippen molar-refractivity contribution in [1.82, 2.24) is 39.6 Å². The maximum absolute atomic E-state index is 12.6. The molecule has 0 bridgehead atoms. The number of amides is 4. The second-order valence-corrected chi connectivity index (χ2v) is 16.0. The maximum Gasteiger partial charge on any atom is 0.344 e. The van der Waals surface area contributed by atoms with Crippen LogP contribution in [0.25, 0.3) is 0 Å². The van der Waals surface area contributed by atoms with Crippen LogP contribution in [0.15, 0.2) is 60.9 Å². The van der Waals surface area contributed by atoms with Crippen molar-refractivity contribution in [2.45, 2.75) is 45.4 Å². The van der Waals surface area contributed by atoms with Crippen molar-refractivity contribution in [2.75, 3.05) is 65.6 Å². The molecule has 2 fully saturated rings. The van der Waals surface area contributed by atoms with Gasteiger partial charge in [-0.05, 0) is 63.6 Å². The first kappa shape index (κ1) is 48.1. The molecule has 2 aliphatic heterocycles. The lowest BCUT2D eigenvalue weighted by Gasteiger charge is -2.34. The summed E-state index contributed by atoms with van der Waals surface area (Å²) in [6, 6.07) is 12.9. The van der Waals surface area contributed by atoms with Crippen LogP contribution in [-0.2, 0) is 6.54 Å². The first-order valence-electron chi connectivity index (χ1n) is 19.2. The van der Waals surface area contributed by atoms with Crippen LogP contribution in [0.5, 0.6) is 11.5 Å². The Kier molecular flexibility index (Phi) is 17.2. The van der Waals surface area contributed by atoms with Crippen LogP contribution in [0.3, 0.4) is 0 Å². The summed E-state index contributed by atoms with van der Waals surface area (Å²) in [7, 11) is 0. The third-order valence-corrected chi connectivity index (χ3v) is 9.66. The van der Waals surface area contributed by atoms with Gasteiger partial charge in [-0.15, -0.1) is 0 Å². The normalized spacial score (nSPS) is 14.5. The van der Waals surface area contributed by atoms with Gasteiger partial charge in [0.1, 0.15) is 24.7 Å². The highest BCUT2D eigenvalue weighted by atomic mass is 35.5. The number of aromatic nitrogens is 4. The molecule has 330 valence electrons. The van der Waals surface area contributed by atoms with Gasteiger partial charge in [0.05, 0.1) is 21.2 Å². The van der Waals surface area contributed by atoms with E-state index in [1.807, 2.05) is 12.1 Å². The van der Waals surface area contributed by atoms with E-state index in [2.05, 4.69) is 20.4 Å². The summed E-state index contributed by atoms with van der Waals surface area (Å²) >= 11 is 12.4. The van der Waals surface area contributed by atoms with Gasteiger partial charge in [0.25, 0.3) is 11.8 Å². The highest BCUT2D eigenvalue weighted by molar-refractivity contribution is 6.34. The molecule has 0 radical (unpaired) electrons. The van der Waals surface area contributed by atoms with Gasteiger partial charge in [-0.25, -0.2) is 9.59 Å². The molecular formula is C40H52Cl2N10O9. The number of carbonyl (C=O) groups is 5. The van der Waals surface area contributed by atoms with Crippen molar-refractivity contribution < 1.29 is 43.7 Å². The number of piperazine rings is 2. The zero-order chi connectivity index (χ0) is 44.9. The lowest BCUT2D eigenvalue weighted by Crippen LogP contribution is -2.49. The van der Waals surface area contributed by atoms with Crippen molar-refractivity contribution in [3.8, 4) is 11.5 Å². The molecule has 0 aliphatic carbocycles. The number of carbonyl (C=O) groups excluding carboxylic acids is 5. The van der Waals surface area contributed by atoms with E-state index in [0.717, 1.165) is 28.0 Å². The second kappa shape index (κ2) is 21.8. The summed E-state index contributed by atoms with van der Waals surface area (Å²) in [5.41, 5.74) is 9.82. The van der Waals surface area contributed by atoms with Crippen LogP contribution in [0.1, 0.15) is 64.6 Å². The van der Waals surface area contributed by atoms with E-state index in [1.165, 1.54) is 24.5 Å². The van der Waals surface area contributed by atoms with Gasteiger partial charge in [0.15, 0.2) is 17.7 Å². The minimum absolute atomic E-state index is 0.0586. The molecule has 6 rings (SSSR count). The molecule has 19 nitrogen and oxygen atoms in total. The van der Waals surface area contributed by atoms with Gasteiger partial charge in [-0.1, -0.05) is 41.4 Å². The molecule has 61 heavy (non-hydrogen) atoms. The highest BCUT2D eigenvalue weighted by Gasteiger charge is 2.25.